The number of hydrogen-bond donors (Lipinski definition) is 3. The Labute approximate surface area is 107 Å². The molecule has 0 aromatic carbocycles. The summed E-state index contributed by atoms with van der Waals surface area (Å²) in [6.07, 6.45) is 0.621. The molecule has 1 aliphatic rings. The molecule has 1 fully saturated rings. The zero-order valence-electron chi connectivity index (χ0n) is 9.84. The Hall–Kier alpha value is -2.06. The maximum Gasteiger partial charge on any atom is 0.282 e. The van der Waals surface area contributed by atoms with E-state index in [1.807, 2.05) is 0 Å². The van der Waals surface area contributed by atoms with E-state index < -0.39 is 41.3 Å². The maximum atomic E-state index is 12.0. The lowest BCUT2D eigenvalue weighted by atomic mass is 10.1. The highest BCUT2D eigenvalue weighted by Gasteiger charge is 2.42. The smallest absolute Gasteiger partial charge is 0.282 e. The van der Waals surface area contributed by atoms with Gasteiger partial charge in [-0.2, -0.15) is 0 Å². The van der Waals surface area contributed by atoms with Gasteiger partial charge in [0.1, 0.15) is 12.4 Å². The van der Waals surface area contributed by atoms with Crippen LogP contribution in [-0.2, 0) is 4.79 Å². The Kier molecular flexibility index (Phi) is 3.45. The second-order valence-electron chi connectivity index (χ2n) is 4.44. The lowest BCUT2D eigenvalue weighted by molar-refractivity contribution is -0.114. The maximum absolute atomic E-state index is 12.0. The summed E-state index contributed by atoms with van der Waals surface area (Å²) in [6, 6.07) is -0.793. The Morgan fingerprint density at radius 1 is 1.47 bits per heavy atom. The van der Waals surface area contributed by atoms with Crippen LogP contribution in [0.25, 0.3) is 0 Å². The summed E-state index contributed by atoms with van der Waals surface area (Å²) in [5, 5.41) is 19.5. The van der Waals surface area contributed by atoms with E-state index >= 15 is 0 Å². The topological polar surface area (TPSA) is 136 Å². The molecular formula is C11H13N3O5. The van der Waals surface area contributed by atoms with Gasteiger partial charge in [-0.05, 0) is 6.42 Å². The zero-order valence-corrected chi connectivity index (χ0v) is 9.84. The second-order valence-corrected chi connectivity index (χ2v) is 4.44. The van der Waals surface area contributed by atoms with Crippen LogP contribution in [0.15, 0.2) is 17.2 Å². The molecule has 1 saturated carbocycles. The van der Waals surface area contributed by atoms with E-state index in [2.05, 4.69) is 4.98 Å². The molecule has 0 aliphatic heterocycles. The SMILES string of the molecule is NC(=O)c1nccn(C2CC(C=O)C(O)C2O)c1=O. The van der Waals surface area contributed by atoms with Crippen LogP contribution in [0, 0.1) is 5.92 Å². The van der Waals surface area contributed by atoms with Gasteiger partial charge >= 0.3 is 0 Å². The predicted octanol–water partition coefficient (Wildman–Crippen LogP) is -2.18. The summed E-state index contributed by atoms with van der Waals surface area (Å²) in [7, 11) is 0. The monoisotopic (exact) mass is 267 g/mol. The number of aromatic nitrogens is 2. The van der Waals surface area contributed by atoms with Crippen molar-refractivity contribution in [1.82, 2.24) is 9.55 Å². The number of primary amides is 1. The van der Waals surface area contributed by atoms with Crippen molar-refractivity contribution in [3.05, 3.63) is 28.4 Å². The van der Waals surface area contributed by atoms with Gasteiger partial charge in [0.25, 0.3) is 11.5 Å². The summed E-state index contributed by atoms with van der Waals surface area (Å²) in [4.78, 5) is 37.3. The van der Waals surface area contributed by atoms with Crippen molar-refractivity contribution in [3.8, 4) is 0 Å². The first kappa shape index (κ1) is 13.4. The quantitative estimate of drug-likeness (QED) is 0.533. The Morgan fingerprint density at radius 3 is 2.68 bits per heavy atom. The van der Waals surface area contributed by atoms with Crippen LogP contribution in [0.1, 0.15) is 23.0 Å². The molecule has 1 aromatic heterocycles. The fourth-order valence-corrected chi connectivity index (χ4v) is 2.31. The summed E-state index contributed by atoms with van der Waals surface area (Å²) in [6.45, 7) is 0. The zero-order chi connectivity index (χ0) is 14.2. The highest BCUT2D eigenvalue weighted by molar-refractivity contribution is 5.90. The van der Waals surface area contributed by atoms with Crippen LogP contribution in [0.5, 0.6) is 0 Å². The van der Waals surface area contributed by atoms with Crippen molar-refractivity contribution in [2.24, 2.45) is 11.7 Å². The van der Waals surface area contributed by atoms with E-state index in [4.69, 9.17) is 5.73 Å². The van der Waals surface area contributed by atoms with Crippen LogP contribution >= 0.6 is 0 Å². The molecule has 102 valence electrons. The molecule has 4 unspecified atom stereocenters. The highest BCUT2D eigenvalue weighted by atomic mass is 16.3. The predicted molar refractivity (Wildman–Crippen MR) is 62.2 cm³/mol. The van der Waals surface area contributed by atoms with Crippen LogP contribution in [-0.4, -0.2) is 44.2 Å². The second kappa shape index (κ2) is 4.90. The van der Waals surface area contributed by atoms with Crippen molar-refractivity contribution >= 4 is 12.2 Å². The molecular weight excluding hydrogens is 254 g/mol. The van der Waals surface area contributed by atoms with E-state index in [0.717, 1.165) is 4.57 Å². The number of rotatable bonds is 3. The first-order valence-corrected chi connectivity index (χ1v) is 5.65. The number of aliphatic hydroxyl groups is 2. The van der Waals surface area contributed by atoms with Gasteiger partial charge < -0.3 is 25.3 Å². The average Bonchev–Trinajstić information content (AvgIpc) is 2.66. The molecule has 1 aromatic rings. The van der Waals surface area contributed by atoms with Crippen LogP contribution in [0.3, 0.4) is 0 Å². The minimum atomic E-state index is -1.27. The first-order chi connectivity index (χ1) is 8.97. The van der Waals surface area contributed by atoms with E-state index in [1.165, 1.54) is 12.4 Å². The minimum Gasteiger partial charge on any atom is -0.390 e. The third kappa shape index (κ3) is 2.15. The standard InChI is InChI=1S/C11H13N3O5/c12-10(18)7-11(19)14(2-1-13-7)6-3-5(4-15)8(16)9(6)17/h1-2,4-6,8-9,16-17H,3H2,(H2,12,18). The highest BCUT2D eigenvalue weighted by Crippen LogP contribution is 2.33. The van der Waals surface area contributed by atoms with E-state index in [-0.39, 0.29) is 6.42 Å². The number of carbonyl (C=O) groups excluding carboxylic acids is 2. The number of nitrogens with zero attached hydrogens (tertiary/aromatic N) is 2. The number of nitrogens with two attached hydrogens (primary N) is 1. The average molecular weight is 267 g/mol. The fourth-order valence-electron chi connectivity index (χ4n) is 2.31. The van der Waals surface area contributed by atoms with Crippen LogP contribution in [0.4, 0.5) is 0 Å². The van der Waals surface area contributed by atoms with Crippen LogP contribution < -0.4 is 11.3 Å². The number of aliphatic hydroxyl groups excluding tert-OH is 2. The summed E-state index contributed by atoms with van der Waals surface area (Å²) in [5.74, 6) is -1.73. The van der Waals surface area contributed by atoms with Crippen molar-refractivity contribution in [1.29, 1.82) is 0 Å². The van der Waals surface area contributed by atoms with Crippen LogP contribution in [0.2, 0.25) is 0 Å². The Bertz CT molecular complexity index is 570. The lowest BCUT2D eigenvalue weighted by Gasteiger charge is -2.18. The van der Waals surface area contributed by atoms with Crippen molar-refractivity contribution in [2.45, 2.75) is 24.7 Å². The molecule has 2 rings (SSSR count). The molecule has 4 N–H and O–H groups in total. The van der Waals surface area contributed by atoms with Crippen molar-refractivity contribution < 1.29 is 19.8 Å². The van der Waals surface area contributed by atoms with Gasteiger partial charge in [0.05, 0.1) is 12.1 Å². The normalized spacial score (nSPS) is 30.2. The molecule has 0 bridgehead atoms. The molecule has 8 heteroatoms. The molecule has 1 amide bonds. The third-order valence-corrected chi connectivity index (χ3v) is 3.33. The van der Waals surface area contributed by atoms with Gasteiger partial charge in [-0.3, -0.25) is 9.59 Å². The number of aldehydes is 1. The molecule has 19 heavy (non-hydrogen) atoms. The summed E-state index contributed by atoms with van der Waals surface area (Å²) < 4.78 is 1.07. The largest absolute Gasteiger partial charge is 0.390 e. The number of hydrogen-bond acceptors (Lipinski definition) is 6. The first-order valence-electron chi connectivity index (χ1n) is 5.65. The summed E-state index contributed by atoms with van der Waals surface area (Å²) >= 11 is 0. The fraction of sp³-hybridized carbons (Fsp3) is 0.455. The lowest BCUT2D eigenvalue weighted by Crippen LogP contribution is -2.37. The molecule has 0 radical (unpaired) electrons. The van der Waals surface area contributed by atoms with Gasteiger partial charge in [-0.25, -0.2) is 4.98 Å². The van der Waals surface area contributed by atoms with E-state index in [0.29, 0.717) is 6.29 Å². The molecule has 0 spiro atoms. The molecule has 0 saturated heterocycles. The summed E-state index contributed by atoms with van der Waals surface area (Å²) in [5.41, 5.74) is 3.82. The minimum absolute atomic E-state index is 0.105. The Balaban J connectivity index is 2.44. The van der Waals surface area contributed by atoms with Gasteiger partial charge in [0.2, 0.25) is 0 Å². The molecule has 8 nitrogen and oxygen atoms in total. The molecule has 1 aliphatic carbocycles. The van der Waals surface area contributed by atoms with Crippen molar-refractivity contribution in [3.63, 3.8) is 0 Å². The molecule has 1 heterocycles. The van der Waals surface area contributed by atoms with Gasteiger partial charge in [0, 0.05) is 18.3 Å². The third-order valence-electron chi connectivity index (χ3n) is 3.33. The number of carbonyl (C=O) groups is 2. The van der Waals surface area contributed by atoms with E-state index in [9.17, 15) is 24.6 Å². The van der Waals surface area contributed by atoms with Gasteiger partial charge in [-0.1, -0.05) is 0 Å². The van der Waals surface area contributed by atoms with Gasteiger partial charge in [0.15, 0.2) is 5.69 Å². The molecule has 4 atom stereocenters. The van der Waals surface area contributed by atoms with Crippen molar-refractivity contribution in [2.75, 3.05) is 0 Å². The van der Waals surface area contributed by atoms with E-state index in [1.54, 1.807) is 0 Å². The Morgan fingerprint density at radius 2 is 2.16 bits per heavy atom. The van der Waals surface area contributed by atoms with Gasteiger partial charge in [-0.15, -0.1) is 0 Å². The number of amides is 1.